The third kappa shape index (κ3) is 6.44. The summed E-state index contributed by atoms with van der Waals surface area (Å²) in [5.74, 6) is -0.0440. The maximum Gasteiger partial charge on any atom is 0.251 e. The molecule has 0 aliphatic heterocycles. The molecular formula is C22H28N2O3Y. The average Bonchev–Trinajstić information content (AvgIpc) is 3.05. The van der Waals surface area contributed by atoms with Crippen molar-refractivity contribution in [2.45, 2.75) is 25.8 Å². The minimum absolute atomic E-state index is 0. The maximum absolute atomic E-state index is 12.5. The first-order chi connectivity index (χ1) is 13.0. The van der Waals surface area contributed by atoms with Crippen molar-refractivity contribution in [2.75, 3.05) is 25.6 Å². The summed E-state index contributed by atoms with van der Waals surface area (Å²) in [4.78, 5) is 14.5. The van der Waals surface area contributed by atoms with Gasteiger partial charge in [0, 0.05) is 64.7 Å². The Morgan fingerprint density at radius 1 is 1.21 bits per heavy atom. The van der Waals surface area contributed by atoms with Gasteiger partial charge in [0.2, 0.25) is 0 Å². The zero-order valence-electron chi connectivity index (χ0n) is 16.7. The molecule has 0 saturated carbocycles. The number of nitrogens with zero attached hydrogens (tertiary/aromatic N) is 1. The summed E-state index contributed by atoms with van der Waals surface area (Å²) in [6.07, 6.45) is 4.56. The van der Waals surface area contributed by atoms with Crippen molar-refractivity contribution < 1.29 is 47.7 Å². The molecule has 147 valence electrons. The average molecular weight is 457 g/mol. The van der Waals surface area contributed by atoms with Crippen molar-refractivity contribution in [3.63, 3.8) is 0 Å². The Balaban J connectivity index is 0.000000921. The van der Waals surface area contributed by atoms with Gasteiger partial charge in [0.15, 0.2) is 0 Å². The molecule has 3 rings (SSSR count). The molecule has 1 amide bonds. The van der Waals surface area contributed by atoms with E-state index in [9.17, 15) is 4.79 Å². The number of benzene rings is 2. The predicted molar refractivity (Wildman–Crippen MR) is 110 cm³/mol. The molecule has 0 aromatic heterocycles. The van der Waals surface area contributed by atoms with Gasteiger partial charge >= 0.3 is 0 Å². The summed E-state index contributed by atoms with van der Waals surface area (Å²) in [5.41, 5.74) is 5.13. The standard InChI is InChI=1S/C20H22N2O2.C2H6O.Y/c1-22(2)17-7-4-15(5-8-17)20(24)21-19-10-6-16-13-14(11-12-23)3-9-18(16)19;1-2-3;/h3-5,7-9,11-13,19,23H,6,10H2,1-2H3,(H,21,24);3H,2H2,1H3;/b12-11+;;. The number of amides is 1. The van der Waals surface area contributed by atoms with Crippen LogP contribution in [0.3, 0.4) is 0 Å². The van der Waals surface area contributed by atoms with Crippen LogP contribution in [0.1, 0.15) is 46.4 Å². The number of aliphatic hydroxyl groups excluding tert-OH is 2. The van der Waals surface area contributed by atoms with E-state index in [0.717, 1.165) is 30.4 Å². The Bertz CT molecular complexity index is 789. The molecule has 1 atom stereocenters. The normalized spacial score (nSPS) is 14.5. The molecule has 3 N–H and O–H groups in total. The van der Waals surface area contributed by atoms with Crippen LogP contribution in [0.2, 0.25) is 0 Å². The topological polar surface area (TPSA) is 72.8 Å². The van der Waals surface area contributed by atoms with Crippen LogP contribution in [0.5, 0.6) is 0 Å². The first-order valence-electron chi connectivity index (χ1n) is 9.12. The number of carbonyl (C=O) groups is 1. The molecule has 0 bridgehead atoms. The number of aryl methyl sites for hydroxylation is 1. The van der Waals surface area contributed by atoms with Crippen LogP contribution >= 0.6 is 0 Å². The van der Waals surface area contributed by atoms with Gasteiger partial charge < -0.3 is 20.4 Å². The number of rotatable bonds is 4. The van der Waals surface area contributed by atoms with Gasteiger partial charge in [-0.05, 0) is 66.8 Å². The van der Waals surface area contributed by atoms with Crippen molar-refractivity contribution in [1.29, 1.82) is 0 Å². The Hall–Kier alpha value is -1.69. The number of nitrogens with one attached hydrogen (secondary N) is 1. The summed E-state index contributed by atoms with van der Waals surface area (Å²) < 4.78 is 0. The molecule has 0 heterocycles. The van der Waals surface area contributed by atoms with Crippen molar-refractivity contribution in [3.8, 4) is 0 Å². The van der Waals surface area contributed by atoms with Crippen LogP contribution in [-0.2, 0) is 39.1 Å². The molecule has 2 aromatic rings. The second kappa shape index (κ2) is 12.0. The molecule has 0 spiro atoms. The minimum atomic E-state index is -0.0440. The molecule has 1 unspecified atom stereocenters. The van der Waals surface area contributed by atoms with Crippen LogP contribution in [0.15, 0.2) is 48.7 Å². The fourth-order valence-corrected chi connectivity index (χ4v) is 3.13. The fourth-order valence-electron chi connectivity index (χ4n) is 3.13. The van der Waals surface area contributed by atoms with Gasteiger partial charge in [0.25, 0.3) is 5.91 Å². The van der Waals surface area contributed by atoms with Gasteiger partial charge in [-0.25, -0.2) is 0 Å². The molecule has 28 heavy (non-hydrogen) atoms. The van der Waals surface area contributed by atoms with Gasteiger partial charge in [-0.2, -0.15) is 0 Å². The van der Waals surface area contributed by atoms with Crippen molar-refractivity contribution >= 4 is 17.7 Å². The minimum Gasteiger partial charge on any atom is -0.516 e. The van der Waals surface area contributed by atoms with E-state index in [1.807, 2.05) is 55.4 Å². The SMILES string of the molecule is CCO.CN(C)c1ccc(C(=O)NC2CCc3cc(/C=C/O)ccc32)cc1.[Y]. The number of fused-ring (bicyclic) bond motifs is 1. The van der Waals surface area contributed by atoms with E-state index in [-0.39, 0.29) is 51.3 Å². The number of carbonyl (C=O) groups excluding carboxylic acids is 1. The van der Waals surface area contributed by atoms with Gasteiger partial charge in [-0.1, -0.05) is 18.2 Å². The Kier molecular flexibility index (Phi) is 10.4. The molecular weight excluding hydrogens is 429 g/mol. The monoisotopic (exact) mass is 457 g/mol. The molecule has 5 nitrogen and oxygen atoms in total. The molecule has 1 aliphatic rings. The van der Waals surface area contributed by atoms with Gasteiger partial charge in [0.1, 0.15) is 0 Å². The van der Waals surface area contributed by atoms with Crippen LogP contribution in [0.4, 0.5) is 5.69 Å². The molecule has 1 aliphatic carbocycles. The summed E-state index contributed by atoms with van der Waals surface area (Å²) in [7, 11) is 3.95. The zero-order valence-corrected chi connectivity index (χ0v) is 19.6. The number of hydrogen-bond donors (Lipinski definition) is 3. The van der Waals surface area contributed by atoms with Crippen molar-refractivity contribution in [2.24, 2.45) is 0 Å². The van der Waals surface area contributed by atoms with Crippen LogP contribution in [0, 0.1) is 0 Å². The molecule has 2 aromatic carbocycles. The Morgan fingerprint density at radius 2 is 1.86 bits per heavy atom. The number of hydrogen-bond acceptors (Lipinski definition) is 4. The Morgan fingerprint density at radius 3 is 2.43 bits per heavy atom. The third-order valence-electron chi connectivity index (χ3n) is 4.46. The van der Waals surface area contributed by atoms with E-state index >= 15 is 0 Å². The maximum atomic E-state index is 12.5. The van der Waals surface area contributed by atoms with Crippen LogP contribution in [-0.4, -0.2) is 36.8 Å². The predicted octanol–water partition coefficient (Wildman–Crippen LogP) is 3.69. The van der Waals surface area contributed by atoms with E-state index in [0.29, 0.717) is 5.56 Å². The Labute approximate surface area is 192 Å². The summed E-state index contributed by atoms with van der Waals surface area (Å²) >= 11 is 0. The second-order valence-electron chi connectivity index (χ2n) is 6.60. The summed E-state index contributed by atoms with van der Waals surface area (Å²) in [6, 6.07) is 13.7. The quantitative estimate of drug-likeness (QED) is 0.613. The van der Waals surface area contributed by atoms with Gasteiger partial charge in [0.05, 0.1) is 12.3 Å². The van der Waals surface area contributed by atoms with E-state index in [1.165, 1.54) is 11.1 Å². The first-order valence-corrected chi connectivity index (χ1v) is 9.12. The molecule has 6 heteroatoms. The van der Waals surface area contributed by atoms with Gasteiger partial charge in [-0.3, -0.25) is 4.79 Å². The van der Waals surface area contributed by atoms with E-state index in [2.05, 4.69) is 11.4 Å². The fraction of sp³-hybridized carbons (Fsp3) is 0.318. The summed E-state index contributed by atoms with van der Waals surface area (Å²) in [6.45, 7) is 1.93. The third-order valence-corrected chi connectivity index (χ3v) is 4.46. The second-order valence-corrected chi connectivity index (χ2v) is 6.60. The van der Waals surface area contributed by atoms with Crippen molar-refractivity contribution in [3.05, 3.63) is 71.0 Å². The smallest absolute Gasteiger partial charge is 0.251 e. The number of anilines is 1. The van der Waals surface area contributed by atoms with Gasteiger partial charge in [-0.15, -0.1) is 0 Å². The first kappa shape index (κ1) is 24.4. The van der Waals surface area contributed by atoms with E-state index in [1.54, 1.807) is 13.0 Å². The largest absolute Gasteiger partial charge is 0.516 e. The zero-order chi connectivity index (χ0) is 19.8. The van der Waals surface area contributed by atoms with E-state index < -0.39 is 0 Å². The number of aliphatic hydroxyl groups is 2. The summed E-state index contributed by atoms with van der Waals surface area (Å²) in [5, 5.41) is 19.6. The van der Waals surface area contributed by atoms with E-state index in [4.69, 9.17) is 10.2 Å². The van der Waals surface area contributed by atoms with Crippen molar-refractivity contribution in [1.82, 2.24) is 5.32 Å². The molecule has 0 saturated heterocycles. The molecule has 1 radical (unpaired) electrons. The van der Waals surface area contributed by atoms with Crippen LogP contribution < -0.4 is 10.2 Å². The van der Waals surface area contributed by atoms with Crippen LogP contribution in [0.25, 0.3) is 6.08 Å². The molecule has 0 fully saturated rings.